The van der Waals surface area contributed by atoms with Gasteiger partial charge in [-0.2, -0.15) is 0 Å². The number of rotatable bonds is 1. The minimum atomic E-state index is -1.57. The molecule has 3 nitrogen and oxygen atoms in total. The third-order valence-electron chi connectivity index (χ3n) is 1.92. The van der Waals surface area contributed by atoms with Gasteiger partial charge in [-0.1, -0.05) is 38.4 Å². The molecule has 1 aromatic heterocycles. The minimum absolute atomic E-state index is 0.0947. The number of hydrogen-bond donors (Lipinski definition) is 2. The average Bonchev–Trinajstić information content (AvgIpc) is 2.01. The minimum Gasteiger partial charge on any atom is -0.423 e. The molecule has 0 spiro atoms. The number of hydrogen-bond acceptors (Lipinski definition) is 3. The summed E-state index contributed by atoms with van der Waals surface area (Å²) in [6.07, 6.45) is 0. The molecular weight excluding hydrogens is 200 g/mol. The molecule has 1 heterocycles. The first-order valence-electron chi connectivity index (χ1n) is 4.35. The van der Waals surface area contributed by atoms with Crippen LogP contribution in [-0.4, -0.2) is 22.2 Å². The third-order valence-corrected chi connectivity index (χ3v) is 2.23. The second-order valence-corrected chi connectivity index (χ2v) is 4.56. The summed E-state index contributed by atoms with van der Waals surface area (Å²) >= 11 is 5.80. The standard InChI is InChI=1S/C9H13BClNO2/c1-9(2,3)7-5-4-6(10(13)14)8(11)12-7/h4-5,13-14H,1-3H3. The number of nitrogens with zero attached hydrogens (tertiary/aromatic N) is 1. The Morgan fingerprint density at radius 3 is 2.21 bits per heavy atom. The zero-order valence-electron chi connectivity index (χ0n) is 8.45. The molecule has 0 saturated heterocycles. The molecule has 1 aromatic rings. The van der Waals surface area contributed by atoms with Crippen LogP contribution in [0, 0.1) is 0 Å². The van der Waals surface area contributed by atoms with Crippen molar-refractivity contribution in [1.29, 1.82) is 0 Å². The predicted octanol–water partition coefficient (Wildman–Crippen LogP) is 0.712. The number of halogens is 1. The third kappa shape index (κ3) is 2.47. The van der Waals surface area contributed by atoms with Gasteiger partial charge in [0.1, 0.15) is 5.15 Å². The largest absolute Gasteiger partial charge is 0.491 e. The van der Waals surface area contributed by atoms with Gasteiger partial charge >= 0.3 is 7.12 Å². The molecule has 0 radical (unpaired) electrons. The molecule has 0 amide bonds. The summed E-state index contributed by atoms with van der Waals surface area (Å²) in [5, 5.41) is 18.0. The molecule has 14 heavy (non-hydrogen) atoms. The van der Waals surface area contributed by atoms with Crippen molar-refractivity contribution in [2.75, 3.05) is 0 Å². The Morgan fingerprint density at radius 2 is 1.86 bits per heavy atom. The van der Waals surface area contributed by atoms with Gasteiger partial charge in [-0.15, -0.1) is 0 Å². The van der Waals surface area contributed by atoms with E-state index in [1.54, 1.807) is 12.1 Å². The smallest absolute Gasteiger partial charge is 0.423 e. The maximum absolute atomic E-state index is 8.93. The van der Waals surface area contributed by atoms with Gasteiger partial charge in [-0.3, -0.25) is 0 Å². The van der Waals surface area contributed by atoms with Crippen LogP contribution in [0.4, 0.5) is 0 Å². The van der Waals surface area contributed by atoms with Crippen molar-refractivity contribution in [1.82, 2.24) is 4.98 Å². The predicted molar refractivity (Wildman–Crippen MR) is 57.8 cm³/mol. The lowest BCUT2D eigenvalue weighted by atomic mass is 9.80. The zero-order valence-corrected chi connectivity index (χ0v) is 9.21. The van der Waals surface area contributed by atoms with Crippen molar-refractivity contribution in [2.45, 2.75) is 26.2 Å². The van der Waals surface area contributed by atoms with Gasteiger partial charge in [0.25, 0.3) is 0 Å². The SMILES string of the molecule is CC(C)(C)c1ccc(B(O)O)c(Cl)n1. The highest BCUT2D eigenvalue weighted by atomic mass is 35.5. The van der Waals surface area contributed by atoms with E-state index in [1.165, 1.54) is 0 Å². The Balaban J connectivity index is 3.13. The fraction of sp³-hybridized carbons (Fsp3) is 0.444. The highest BCUT2D eigenvalue weighted by molar-refractivity contribution is 6.62. The van der Waals surface area contributed by atoms with Crippen LogP contribution in [0.3, 0.4) is 0 Å². The molecule has 0 bridgehead atoms. The molecule has 0 aromatic carbocycles. The number of pyridine rings is 1. The van der Waals surface area contributed by atoms with E-state index in [9.17, 15) is 0 Å². The van der Waals surface area contributed by atoms with Crippen LogP contribution in [0.2, 0.25) is 5.15 Å². The maximum Gasteiger partial charge on any atom is 0.491 e. The summed E-state index contributed by atoms with van der Waals surface area (Å²) < 4.78 is 0. The molecular formula is C9H13BClNO2. The Labute approximate surface area is 88.9 Å². The molecule has 0 aliphatic rings. The van der Waals surface area contributed by atoms with Gasteiger partial charge < -0.3 is 10.0 Å². The van der Waals surface area contributed by atoms with E-state index in [4.69, 9.17) is 21.6 Å². The van der Waals surface area contributed by atoms with Gasteiger partial charge in [0.2, 0.25) is 0 Å². The lowest BCUT2D eigenvalue weighted by Gasteiger charge is -2.18. The van der Waals surface area contributed by atoms with Crippen molar-refractivity contribution in [3.05, 3.63) is 23.0 Å². The van der Waals surface area contributed by atoms with Crippen molar-refractivity contribution < 1.29 is 10.0 Å². The second kappa shape index (κ2) is 3.89. The van der Waals surface area contributed by atoms with E-state index < -0.39 is 7.12 Å². The number of aromatic nitrogens is 1. The summed E-state index contributed by atoms with van der Waals surface area (Å²) in [6, 6.07) is 3.33. The highest BCUT2D eigenvalue weighted by Crippen LogP contribution is 2.20. The van der Waals surface area contributed by atoms with Gasteiger partial charge in [-0.25, -0.2) is 4.98 Å². The quantitative estimate of drug-likeness (QED) is 0.534. The molecule has 2 N–H and O–H groups in total. The van der Waals surface area contributed by atoms with Crippen LogP contribution in [-0.2, 0) is 5.41 Å². The second-order valence-electron chi connectivity index (χ2n) is 4.20. The van der Waals surface area contributed by atoms with Crippen molar-refractivity contribution in [2.24, 2.45) is 0 Å². The van der Waals surface area contributed by atoms with E-state index in [-0.39, 0.29) is 16.0 Å². The van der Waals surface area contributed by atoms with Crippen LogP contribution in [0.5, 0.6) is 0 Å². The fourth-order valence-electron chi connectivity index (χ4n) is 1.06. The van der Waals surface area contributed by atoms with Crippen molar-refractivity contribution >= 4 is 24.2 Å². The monoisotopic (exact) mass is 213 g/mol. The van der Waals surface area contributed by atoms with Gasteiger partial charge in [0.05, 0.1) is 0 Å². The molecule has 1 rings (SSSR count). The van der Waals surface area contributed by atoms with Crippen LogP contribution in [0.25, 0.3) is 0 Å². The lowest BCUT2D eigenvalue weighted by molar-refractivity contribution is 0.425. The first kappa shape index (κ1) is 11.5. The van der Waals surface area contributed by atoms with E-state index in [1.807, 2.05) is 20.8 Å². The summed E-state index contributed by atoms with van der Waals surface area (Å²) in [5.74, 6) is 0. The van der Waals surface area contributed by atoms with E-state index in [0.29, 0.717) is 0 Å². The Morgan fingerprint density at radius 1 is 1.29 bits per heavy atom. The molecule has 0 atom stereocenters. The first-order valence-corrected chi connectivity index (χ1v) is 4.73. The van der Waals surface area contributed by atoms with Crippen molar-refractivity contribution in [3.63, 3.8) is 0 Å². The Bertz CT molecular complexity index is 336. The molecule has 0 aliphatic heterocycles. The van der Waals surface area contributed by atoms with Crippen molar-refractivity contribution in [3.8, 4) is 0 Å². The zero-order chi connectivity index (χ0) is 10.9. The molecule has 0 saturated carbocycles. The molecule has 0 fully saturated rings. The molecule has 0 unspecified atom stereocenters. The first-order chi connectivity index (χ1) is 6.32. The van der Waals surface area contributed by atoms with Gasteiger partial charge in [0, 0.05) is 16.6 Å². The topological polar surface area (TPSA) is 53.4 Å². The molecule has 5 heteroatoms. The molecule has 0 aliphatic carbocycles. The summed E-state index contributed by atoms with van der Waals surface area (Å²) in [5.41, 5.74) is 0.967. The van der Waals surface area contributed by atoms with Crippen LogP contribution in [0.15, 0.2) is 12.1 Å². The highest BCUT2D eigenvalue weighted by Gasteiger charge is 2.20. The van der Waals surface area contributed by atoms with E-state index in [2.05, 4.69) is 4.98 Å². The average molecular weight is 213 g/mol. The molecule has 76 valence electrons. The summed E-state index contributed by atoms with van der Waals surface area (Å²) in [6.45, 7) is 6.04. The van der Waals surface area contributed by atoms with Crippen LogP contribution < -0.4 is 5.46 Å². The Kier molecular flexibility index (Phi) is 3.19. The van der Waals surface area contributed by atoms with Gasteiger partial charge in [0.15, 0.2) is 0 Å². The Hall–Kier alpha value is -0.575. The summed E-state index contributed by atoms with van der Waals surface area (Å²) in [7, 11) is -1.57. The lowest BCUT2D eigenvalue weighted by Crippen LogP contribution is -2.32. The fourth-order valence-corrected chi connectivity index (χ4v) is 1.31. The normalized spacial score (nSPS) is 11.6. The van der Waals surface area contributed by atoms with Crippen LogP contribution >= 0.6 is 11.6 Å². The van der Waals surface area contributed by atoms with E-state index in [0.717, 1.165) is 5.69 Å². The van der Waals surface area contributed by atoms with E-state index >= 15 is 0 Å². The summed E-state index contributed by atoms with van der Waals surface area (Å²) in [4.78, 5) is 4.11. The van der Waals surface area contributed by atoms with Crippen LogP contribution in [0.1, 0.15) is 26.5 Å². The maximum atomic E-state index is 8.93. The van der Waals surface area contributed by atoms with Gasteiger partial charge in [-0.05, 0) is 6.07 Å².